The normalized spacial score (nSPS) is 13.1. The quantitative estimate of drug-likeness (QED) is 0.242. The second kappa shape index (κ2) is 10.8. The molecule has 0 unspecified atom stereocenters. The Morgan fingerprint density at radius 3 is 2.35 bits per heavy atom. The first kappa shape index (κ1) is 22.5. The van der Waals surface area contributed by atoms with Crippen LogP contribution in [0, 0.1) is 0 Å². The Bertz CT molecular complexity index is 1270. The van der Waals surface area contributed by atoms with E-state index in [0.717, 1.165) is 16.7 Å². The maximum atomic E-state index is 12.9. The lowest BCUT2D eigenvalue weighted by Crippen LogP contribution is -2.33. The number of benzene rings is 3. The number of fused-ring (bicyclic) bond motifs is 1. The molecule has 3 aromatic rings. The van der Waals surface area contributed by atoms with Crippen LogP contribution in [-0.4, -0.2) is 24.8 Å². The van der Waals surface area contributed by atoms with Crippen LogP contribution in [0.25, 0.3) is 6.08 Å². The van der Waals surface area contributed by atoms with Gasteiger partial charge in [0, 0.05) is 5.56 Å². The minimum atomic E-state index is -0.554. The average molecular weight is 453 g/mol. The molecule has 0 radical (unpaired) electrons. The van der Waals surface area contributed by atoms with Crippen molar-refractivity contribution in [3.8, 4) is 11.5 Å². The highest BCUT2D eigenvalue weighted by atomic mass is 16.7. The molecule has 2 amide bonds. The van der Waals surface area contributed by atoms with Crippen LogP contribution in [-0.2, 0) is 4.79 Å². The molecule has 0 spiro atoms. The van der Waals surface area contributed by atoms with Crippen LogP contribution in [0.3, 0.4) is 0 Å². The monoisotopic (exact) mass is 453 g/mol. The van der Waals surface area contributed by atoms with Crippen molar-refractivity contribution in [3.05, 3.63) is 113 Å². The second-order valence-electron chi connectivity index (χ2n) is 7.49. The van der Waals surface area contributed by atoms with E-state index in [1.165, 1.54) is 6.21 Å². The number of carbonyl (C=O) groups is 2. The third-order valence-corrected chi connectivity index (χ3v) is 4.87. The lowest BCUT2D eigenvalue weighted by molar-refractivity contribution is -0.117. The highest BCUT2D eigenvalue weighted by Gasteiger charge is 2.15. The van der Waals surface area contributed by atoms with Crippen LogP contribution in [0.5, 0.6) is 11.5 Å². The van der Waals surface area contributed by atoms with Crippen molar-refractivity contribution < 1.29 is 19.1 Å². The maximum absolute atomic E-state index is 12.9. The molecule has 0 saturated carbocycles. The molecule has 3 aromatic carbocycles. The number of nitrogens with zero attached hydrogens (tertiary/aromatic N) is 1. The number of hydrogen-bond donors (Lipinski definition) is 2. The van der Waals surface area contributed by atoms with Gasteiger partial charge in [0.15, 0.2) is 11.5 Å². The third kappa shape index (κ3) is 5.98. The number of carbonyl (C=O) groups excluding carboxylic acids is 2. The minimum absolute atomic E-state index is 0.0707. The van der Waals surface area contributed by atoms with E-state index in [4.69, 9.17) is 9.47 Å². The summed E-state index contributed by atoms with van der Waals surface area (Å²) in [6.07, 6.45) is 5.01. The fourth-order valence-electron chi connectivity index (χ4n) is 3.24. The molecule has 7 nitrogen and oxygen atoms in total. The van der Waals surface area contributed by atoms with Crippen molar-refractivity contribution in [2.24, 2.45) is 5.10 Å². The van der Waals surface area contributed by atoms with Crippen molar-refractivity contribution in [1.82, 2.24) is 10.7 Å². The minimum Gasteiger partial charge on any atom is -0.454 e. The second-order valence-corrected chi connectivity index (χ2v) is 7.49. The SMILES string of the molecule is CC(/C=C(\NC(=O)c1ccccc1)C(=O)N/N=C/c1ccc2c(c1)OCO2)=C\c1ccccc1. The summed E-state index contributed by atoms with van der Waals surface area (Å²) in [4.78, 5) is 25.6. The van der Waals surface area contributed by atoms with Gasteiger partial charge < -0.3 is 14.8 Å². The van der Waals surface area contributed by atoms with Crippen molar-refractivity contribution in [1.29, 1.82) is 0 Å². The molecule has 2 N–H and O–H groups in total. The first-order valence-corrected chi connectivity index (χ1v) is 10.6. The Balaban J connectivity index is 1.51. The van der Waals surface area contributed by atoms with Gasteiger partial charge in [0.2, 0.25) is 6.79 Å². The van der Waals surface area contributed by atoms with Gasteiger partial charge in [0.25, 0.3) is 11.8 Å². The maximum Gasteiger partial charge on any atom is 0.287 e. The van der Waals surface area contributed by atoms with Crippen LogP contribution in [0.15, 0.2) is 101 Å². The van der Waals surface area contributed by atoms with E-state index in [1.54, 1.807) is 48.5 Å². The molecule has 1 heterocycles. The number of rotatable bonds is 7. The molecule has 4 rings (SSSR count). The van der Waals surface area contributed by atoms with Crippen LogP contribution < -0.4 is 20.2 Å². The molecular weight excluding hydrogens is 430 g/mol. The zero-order chi connectivity index (χ0) is 23.8. The van der Waals surface area contributed by atoms with Gasteiger partial charge in [0.1, 0.15) is 5.70 Å². The first-order valence-electron chi connectivity index (χ1n) is 10.6. The summed E-state index contributed by atoms with van der Waals surface area (Å²) < 4.78 is 10.6. The van der Waals surface area contributed by atoms with E-state index < -0.39 is 11.8 Å². The Kier molecular flexibility index (Phi) is 7.15. The Labute approximate surface area is 197 Å². The zero-order valence-corrected chi connectivity index (χ0v) is 18.5. The van der Waals surface area contributed by atoms with Gasteiger partial charge in [0.05, 0.1) is 6.21 Å². The Hall–Kier alpha value is -4.65. The van der Waals surface area contributed by atoms with Crippen LogP contribution in [0.1, 0.15) is 28.4 Å². The summed E-state index contributed by atoms with van der Waals surface area (Å²) in [5.41, 5.74) is 5.47. The summed E-state index contributed by atoms with van der Waals surface area (Å²) in [6, 6.07) is 23.7. The molecule has 1 aliphatic heterocycles. The average Bonchev–Trinajstić information content (AvgIpc) is 3.32. The van der Waals surface area contributed by atoms with E-state index in [1.807, 2.05) is 49.4 Å². The fraction of sp³-hybridized carbons (Fsp3) is 0.0741. The van der Waals surface area contributed by atoms with Crippen LogP contribution in [0.4, 0.5) is 0 Å². The molecule has 1 aliphatic rings. The predicted molar refractivity (Wildman–Crippen MR) is 130 cm³/mol. The van der Waals surface area contributed by atoms with E-state index in [9.17, 15) is 9.59 Å². The number of amides is 2. The molecular formula is C27H23N3O4. The molecule has 0 bridgehead atoms. The van der Waals surface area contributed by atoms with Crippen molar-refractivity contribution in [2.45, 2.75) is 6.92 Å². The topological polar surface area (TPSA) is 89.0 Å². The zero-order valence-electron chi connectivity index (χ0n) is 18.5. The number of ether oxygens (including phenoxy) is 2. The van der Waals surface area contributed by atoms with Crippen LogP contribution >= 0.6 is 0 Å². The van der Waals surface area contributed by atoms with Crippen molar-refractivity contribution in [2.75, 3.05) is 6.79 Å². The number of hydrazone groups is 1. The molecule has 0 aromatic heterocycles. The highest BCUT2D eigenvalue weighted by Crippen LogP contribution is 2.31. The number of allylic oxidation sites excluding steroid dienone is 2. The standard InChI is InChI=1S/C27H23N3O4/c1-19(14-20-8-4-2-5-9-20)15-23(29-26(31)22-10-6-3-7-11-22)27(32)30-28-17-21-12-13-24-25(16-21)34-18-33-24/h2-17H,18H2,1H3,(H,29,31)(H,30,32)/b19-14+,23-15-,28-17+. The van der Waals surface area contributed by atoms with Gasteiger partial charge in [-0.05, 0) is 60.0 Å². The third-order valence-electron chi connectivity index (χ3n) is 4.87. The number of hydrogen-bond acceptors (Lipinski definition) is 5. The molecule has 0 atom stereocenters. The van der Waals surface area contributed by atoms with Gasteiger partial charge in [-0.3, -0.25) is 9.59 Å². The lowest BCUT2D eigenvalue weighted by Gasteiger charge is -2.09. The van der Waals surface area contributed by atoms with E-state index in [2.05, 4.69) is 15.8 Å². The van der Waals surface area contributed by atoms with E-state index in [-0.39, 0.29) is 12.5 Å². The van der Waals surface area contributed by atoms with Gasteiger partial charge in [-0.15, -0.1) is 0 Å². The fourth-order valence-corrected chi connectivity index (χ4v) is 3.24. The van der Waals surface area contributed by atoms with Gasteiger partial charge in [-0.2, -0.15) is 5.10 Å². The Morgan fingerprint density at radius 2 is 1.59 bits per heavy atom. The molecule has 170 valence electrons. The van der Waals surface area contributed by atoms with E-state index in [0.29, 0.717) is 17.1 Å². The Morgan fingerprint density at radius 1 is 0.882 bits per heavy atom. The summed E-state index contributed by atoms with van der Waals surface area (Å²) >= 11 is 0. The van der Waals surface area contributed by atoms with Crippen molar-refractivity contribution in [3.63, 3.8) is 0 Å². The number of nitrogens with one attached hydrogen (secondary N) is 2. The molecule has 0 saturated heterocycles. The highest BCUT2D eigenvalue weighted by molar-refractivity contribution is 6.03. The van der Waals surface area contributed by atoms with Gasteiger partial charge in [-0.25, -0.2) is 5.43 Å². The summed E-state index contributed by atoms with van der Waals surface area (Å²) in [6.45, 7) is 2.03. The summed E-state index contributed by atoms with van der Waals surface area (Å²) in [5.74, 6) is 0.333. The molecule has 7 heteroatoms. The predicted octanol–water partition coefficient (Wildman–Crippen LogP) is 4.28. The molecule has 0 fully saturated rings. The summed E-state index contributed by atoms with van der Waals surface area (Å²) in [5, 5.41) is 6.72. The largest absolute Gasteiger partial charge is 0.454 e. The van der Waals surface area contributed by atoms with E-state index >= 15 is 0 Å². The van der Waals surface area contributed by atoms with Crippen molar-refractivity contribution >= 4 is 24.1 Å². The van der Waals surface area contributed by atoms with Crippen LogP contribution in [0.2, 0.25) is 0 Å². The lowest BCUT2D eigenvalue weighted by atomic mass is 10.1. The summed E-state index contributed by atoms with van der Waals surface area (Å²) in [7, 11) is 0. The smallest absolute Gasteiger partial charge is 0.287 e. The van der Waals surface area contributed by atoms with Gasteiger partial charge in [-0.1, -0.05) is 54.6 Å². The van der Waals surface area contributed by atoms with Gasteiger partial charge >= 0.3 is 0 Å². The molecule has 34 heavy (non-hydrogen) atoms. The molecule has 0 aliphatic carbocycles. The first-order chi connectivity index (χ1) is 16.6.